The van der Waals surface area contributed by atoms with E-state index in [1.807, 2.05) is 0 Å². The highest BCUT2D eigenvalue weighted by Crippen LogP contribution is 2.19. The van der Waals surface area contributed by atoms with Crippen molar-refractivity contribution in [3.05, 3.63) is 46.5 Å². The molecular weight excluding hydrogens is 343 g/mol. The fraction of sp³-hybridized carbons (Fsp3) is 0.286. The Morgan fingerprint density at radius 3 is 2.57 bits per heavy atom. The number of aromatic nitrogens is 2. The first-order valence-electron chi connectivity index (χ1n) is 6.65. The number of anilines is 1. The molecule has 0 atom stereocenters. The normalized spacial score (nSPS) is 11.5. The maximum atomic E-state index is 13.1. The third kappa shape index (κ3) is 4.37. The van der Waals surface area contributed by atoms with Crippen LogP contribution in [-0.4, -0.2) is 32.5 Å². The van der Waals surface area contributed by atoms with Crippen LogP contribution in [0.1, 0.15) is 11.4 Å². The number of sulfonamides is 1. The first-order valence-corrected chi connectivity index (χ1v) is 8.52. The van der Waals surface area contributed by atoms with E-state index in [9.17, 15) is 12.8 Å². The molecule has 1 N–H and O–H groups in total. The van der Waals surface area contributed by atoms with E-state index in [0.29, 0.717) is 11.6 Å². The van der Waals surface area contributed by atoms with Gasteiger partial charge < -0.3 is 4.90 Å². The molecule has 0 radical (unpaired) electrons. The molecule has 0 unspecified atom stereocenters. The highest BCUT2D eigenvalue weighted by molar-refractivity contribution is 7.89. The van der Waals surface area contributed by atoms with E-state index < -0.39 is 15.8 Å². The maximum absolute atomic E-state index is 13.1. The van der Waals surface area contributed by atoms with Gasteiger partial charge in [0.25, 0.3) is 0 Å². The molecule has 1 heterocycles. The van der Waals surface area contributed by atoms with Crippen LogP contribution in [0.5, 0.6) is 0 Å². The zero-order valence-electron chi connectivity index (χ0n) is 12.8. The summed E-state index contributed by atoms with van der Waals surface area (Å²) in [6.07, 6.45) is 0. The van der Waals surface area contributed by atoms with Gasteiger partial charge in [-0.15, -0.1) is 0 Å². The Morgan fingerprint density at radius 2 is 1.96 bits per heavy atom. The monoisotopic (exact) mass is 358 g/mol. The standard InChI is InChI=1S/C14H16ClFN4O2S/c1-9-6-10(19-14(18-9)20(2)3)8-17-23(21,22)11-4-5-13(16)12(15)7-11/h4-7,17H,8H2,1-3H3. The lowest BCUT2D eigenvalue weighted by Crippen LogP contribution is -2.24. The molecule has 23 heavy (non-hydrogen) atoms. The Labute approximate surface area is 139 Å². The zero-order valence-corrected chi connectivity index (χ0v) is 14.4. The average Bonchev–Trinajstić information content (AvgIpc) is 2.47. The van der Waals surface area contributed by atoms with Crippen molar-refractivity contribution in [1.82, 2.24) is 14.7 Å². The number of aryl methyl sites for hydroxylation is 1. The summed E-state index contributed by atoms with van der Waals surface area (Å²) in [6, 6.07) is 4.92. The minimum absolute atomic E-state index is 0.0124. The highest BCUT2D eigenvalue weighted by Gasteiger charge is 2.16. The lowest BCUT2D eigenvalue weighted by Gasteiger charge is -2.13. The van der Waals surface area contributed by atoms with Crippen molar-refractivity contribution in [3.8, 4) is 0 Å². The Morgan fingerprint density at radius 1 is 1.26 bits per heavy atom. The van der Waals surface area contributed by atoms with Crippen LogP contribution in [0.25, 0.3) is 0 Å². The van der Waals surface area contributed by atoms with Crippen molar-refractivity contribution in [1.29, 1.82) is 0 Å². The number of rotatable bonds is 5. The number of benzene rings is 1. The maximum Gasteiger partial charge on any atom is 0.240 e. The molecule has 1 aromatic carbocycles. The van der Waals surface area contributed by atoms with E-state index in [1.165, 1.54) is 0 Å². The molecule has 0 bridgehead atoms. The molecule has 0 spiro atoms. The van der Waals surface area contributed by atoms with Gasteiger partial charge in [0, 0.05) is 19.8 Å². The van der Waals surface area contributed by atoms with E-state index in [4.69, 9.17) is 11.6 Å². The van der Waals surface area contributed by atoms with Crippen LogP contribution in [-0.2, 0) is 16.6 Å². The summed E-state index contributed by atoms with van der Waals surface area (Å²) in [4.78, 5) is 10.1. The lowest BCUT2D eigenvalue weighted by atomic mass is 10.3. The fourth-order valence-corrected chi connectivity index (χ4v) is 3.07. The van der Waals surface area contributed by atoms with Gasteiger partial charge in [0.1, 0.15) is 5.82 Å². The smallest absolute Gasteiger partial charge is 0.240 e. The summed E-state index contributed by atoms with van der Waals surface area (Å²) in [7, 11) is -0.229. The van der Waals surface area contributed by atoms with E-state index in [0.717, 1.165) is 23.9 Å². The SMILES string of the molecule is Cc1cc(CNS(=O)(=O)c2ccc(F)c(Cl)c2)nc(N(C)C)n1. The fourth-order valence-electron chi connectivity index (χ4n) is 1.80. The molecule has 2 rings (SSSR count). The number of nitrogens with one attached hydrogen (secondary N) is 1. The topological polar surface area (TPSA) is 75.2 Å². The van der Waals surface area contributed by atoms with Crippen LogP contribution in [0.4, 0.5) is 10.3 Å². The second kappa shape index (κ2) is 6.77. The quantitative estimate of drug-likeness (QED) is 0.886. The number of hydrogen-bond acceptors (Lipinski definition) is 5. The summed E-state index contributed by atoms with van der Waals surface area (Å²) >= 11 is 5.62. The minimum atomic E-state index is -3.82. The third-order valence-electron chi connectivity index (χ3n) is 2.94. The molecule has 0 aliphatic heterocycles. The van der Waals surface area contributed by atoms with Crippen LogP contribution in [0.2, 0.25) is 5.02 Å². The van der Waals surface area contributed by atoms with Gasteiger partial charge >= 0.3 is 0 Å². The van der Waals surface area contributed by atoms with Gasteiger partial charge in [0.05, 0.1) is 22.2 Å². The molecule has 0 fully saturated rings. The summed E-state index contributed by atoms with van der Waals surface area (Å²) in [5, 5.41) is -0.249. The van der Waals surface area contributed by atoms with E-state index in [-0.39, 0.29) is 16.5 Å². The Kier molecular flexibility index (Phi) is 5.18. The van der Waals surface area contributed by atoms with Gasteiger partial charge in [0.15, 0.2) is 0 Å². The second-order valence-electron chi connectivity index (χ2n) is 5.10. The van der Waals surface area contributed by atoms with Crippen molar-refractivity contribution < 1.29 is 12.8 Å². The molecule has 2 aromatic rings. The van der Waals surface area contributed by atoms with E-state index in [2.05, 4.69) is 14.7 Å². The second-order valence-corrected chi connectivity index (χ2v) is 7.27. The highest BCUT2D eigenvalue weighted by atomic mass is 35.5. The molecule has 9 heteroatoms. The van der Waals surface area contributed by atoms with Crippen LogP contribution >= 0.6 is 11.6 Å². The number of nitrogens with zero attached hydrogens (tertiary/aromatic N) is 3. The van der Waals surface area contributed by atoms with E-state index in [1.54, 1.807) is 32.0 Å². The lowest BCUT2D eigenvalue weighted by molar-refractivity contribution is 0.579. The summed E-state index contributed by atoms with van der Waals surface area (Å²) in [6.45, 7) is 1.79. The van der Waals surface area contributed by atoms with Crippen molar-refractivity contribution in [2.24, 2.45) is 0 Å². The average molecular weight is 359 g/mol. The molecule has 1 aromatic heterocycles. The Balaban J connectivity index is 2.20. The predicted octanol–water partition coefficient (Wildman–Crippen LogP) is 2.12. The first-order chi connectivity index (χ1) is 10.7. The predicted molar refractivity (Wildman–Crippen MR) is 86.5 cm³/mol. The molecule has 0 saturated heterocycles. The largest absolute Gasteiger partial charge is 0.347 e. The third-order valence-corrected chi connectivity index (χ3v) is 4.63. The van der Waals surface area contributed by atoms with Crippen molar-refractivity contribution in [2.75, 3.05) is 19.0 Å². The Hall–Kier alpha value is -1.77. The first kappa shape index (κ1) is 17.6. The van der Waals surface area contributed by atoms with E-state index >= 15 is 0 Å². The molecule has 0 amide bonds. The van der Waals surface area contributed by atoms with Crippen molar-refractivity contribution in [3.63, 3.8) is 0 Å². The van der Waals surface area contributed by atoms with Gasteiger partial charge in [0.2, 0.25) is 16.0 Å². The molecule has 0 aliphatic carbocycles. The summed E-state index contributed by atoms with van der Waals surface area (Å²) in [5.41, 5.74) is 1.25. The van der Waals surface area contributed by atoms with Gasteiger partial charge in [-0.05, 0) is 31.2 Å². The number of hydrogen-bond donors (Lipinski definition) is 1. The molecule has 0 aliphatic rings. The van der Waals surface area contributed by atoms with Crippen LogP contribution in [0.3, 0.4) is 0 Å². The van der Waals surface area contributed by atoms with Gasteiger partial charge in [-0.1, -0.05) is 11.6 Å². The zero-order chi connectivity index (χ0) is 17.2. The van der Waals surface area contributed by atoms with Gasteiger partial charge in [-0.3, -0.25) is 0 Å². The Bertz CT molecular complexity index is 828. The van der Waals surface area contributed by atoms with Crippen molar-refractivity contribution in [2.45, 2.75) is 18.4 Å². The molecule has 6 nitrogen and oxygen atoms in total. The van der Waals surface area contributed by atoms with Gasteiger partial charge in [-0.2, -0.15) is 0 Å². The van der Waals surface area contributed by atoms with Crippen LogP contribution in [0.15, 0.2) is 29.2 Å². The van der Waals surface area contributed by atoms with Crippen LogP contribution < -0.4 is 9.62 Å². The molecule has 124 valence electrons. The number of halogens is 2. The summed E-state index contributed by atoms with van der Waals surface area (Å²) in [5.74, 6) is -0.184. The molecule has 0 saturated carbocycles. The summed E-state index contributed by atoms with van der Waals surface area (Å²) < 4.78 is 40.0. The molecular formula is C14H16ClFN4O2S. The van der Waals surface area contributed by atoms with Gasteiger partial charge in [-0.25, -0.2) is 27.5 Å². The van der Waals surface area contributed by atoms with Crippen molar-refractivity contribution >= 4 is 27.6 Å². The van der Waals surface area contributed by atoms with Crippen LogP contribution in [0, 0.1) is 12.7 Å². The minimum Gasteiger partial charge on any atom is -0.347 e.